The van der Waals surface area contributed by atoms with Crippen molar-refractivity contribution in [2.45, 2.75) is 9.79 Å². The van der Waals surface area contributed by atoms with E-state index >= 15 is 0 Å². The maximum absolute atomic E-state index is 12.7. The Morgan fingerprint density at radius 2 is 1.21 bits per heavy atom. The predicted molar refractivity (Wildman–Crippen MR) is 88.1 cm³/mol. The summed E-state index contributed by atoms with van der Waals surface area (Å²) in [5, 5.41) is 1.24. The van der Waals surface area contributed by atoms with Crippen LogP contribution >= 0.6 is 51.5 Å². The summed E-state index contributed by atoms with van der Waals surface area (Å²) in [5.74, 6) is 0. The molecular weight excluding hydrogens is 338 g/mol. The molecule has 0 saturated carbocycles. The van der Waals surface area contributed by atoms with Gasteiger partial charge in [-0.15, -0.1) is 0 Å². The fraction of sp³-hybridized carbons (Fsp3) is 0.0769. The molecule has 2 aromatic rings. The lowest BCUT2D eigenvalue weighted by molar-refractivity contribution is 0.596. The van der Waals surface area contributed by atoms with Gasteiger partial charge < -0.3 is 4.57 Å². The normalized spacial score (nSPS) is 11.5. The summed E-state index contributed by atoms with van der Waals surface area (Å²) in [4.78, 5) is 1.66. The molecule has 2 rings (SSSR count). The van der Waals surface area contributed by atoms with Gasteiger partial charge in [0.2, 0.25) is 0 Å². The topological polar surface area (TPSA) is 17.1 Å². The van der Waals surface area contributed by atoms with Gasteiger partial charge in [0.25, 0.3) is 0 Å². The van der Waals surface area contributed by atoms with Crippen molar-refractivity contribution in [1.29, 1.82) is 0 Å². The largest absolute Gasteiger partial charge is 0.300 e. The van der Waals surface area contributed by atoms with Gasteiger partial charge in [0.1, 0.15) is 0 Å². The van der Waals surface area contributed by atoms with E-state index in [0.29, 0.717) is 10.0 Å². The van der Waals surface area contributed by atoms with Gasteiger partial charge in [0.05, 0.1) is 10.0 Å². The molecule has 0 saturated heterocycles. The zero-order valence-electron chi connectivity index (χ0n) is 10.0. The Labute approximate surface area is 130 Å². The minimum absolute atomic E-state index is 0.620. The first-order valence-electron chi connectivity index (χ1n) is 5.44. The van der Waals surface area contributed by atoms with E-state index in [-0.39, 0.29) is 0 Å². The third kappa shape index (κ3) is 4.47. The van der Waals surface area contributed by atoms with Crippen LogP contribution in [0.15, 0.2) is 58.3 Å². The van der Waals surface area contributed by atoms with Crippen molar-refractivity contribution in [1.82, 2.24) is 0 Å². The molecule has 0 atom stereocenters. The molecule has 2 aromatic carbocycles. The van der Waals surface area contributed by atoms with Crippen molar-refractivity contribution >= 4 is 51.5 Å². The Morgan fingerprint density at radius 3 is 1.58 bits per heavy atom. The van der Waals surface area contributed by atoms with E-state index in [1.807, 2.05) is 36.4 Å². The Hall–Kier alpha value is -0.0500. The third-order valence-corrected chi connectivity index (χ3v) is 9.37. The highest BCUT2D eigenvalue weighted by molar-refractivity contribution is 8.90. The van der Waals surface area contributed by atoms with Crippen molar-refractivity contribution in [3.05, 3.63) is 58.6 Å². The molecular formula is C13H11Cl2OPS2. The molecule has 0 aliphatic carbocycles. The zero-order valence-corrected chi connectivity index (χ0v) is 14.1. The molecule has 0 unspecified atom stereocenters. The van der Waals surface area contributed by atoms with Crippen LogP contribution in [0.1, 0.15) is 0 Å². The summed E-state index contributed by atoms with van der Waals surface area (Å²) in [6, 6.07) is 14.8. The van der Waals surface area contributed by atoms with E-state index in [1.54, 1.807) is 18.8 Å². The molecule has 0 aromatic heterocycles. The molecule has 0 radical (unpaired) electrons. The standard InChI is InChI=1S/C13H11Cl2OPS2/c1-17(16,18-12-8-4-2-6-10(12)14)19-13-9-5-3-7-11(13)15/h2-9H,1H3. The first kappa shape index (κ1) is 15.3. The van der Waals surface area contributed by atoms with Crippen LogP contribution in [0.2, 0.25) is 10.0 Å². The molecule has 100 valence electrons. The first-order chi connectivity index (χ1) is 8.98. The van der Waals surface area contributed by atoms with E-state index in [0.717, 1.165) is 9.79 Å². The minimum Gasteiger partial charge on any atom is -0.300 e. The number of hydrogen-bond acceptors (Lipinski definition) is 3. The minimum atomic E-state index is -2.53. The Bertz CT molecular complexity index is 582. The maximum atomic E-state index is 12.7. The molecule has 0 amide bonds. The van der Waals surface area contributed by atoms with Crippen LogP contribution in [0.5, 0.6) is 0 Å². The fourth-order valence-corrected chi connectivity index (χ4v) is 8.57. The van der Waals surface area contributed by atoms with Gasteiger partial charge in [-0.05, 0) is 47.0 Å². The number of benzene rings is 2. The summed E-state index contributed by atoms with van der Waals surface area (Å²) in [7, 11) is 0. The summed E-state index contributed by atoms with van der Waals surface area (Å²) < 4.78 is 12.7. The molecule has 6 heteroatoms. The smallest absolute Gasteiger partial charge is 0.197 e. The van der Waals surface area contributed by atoms with Crippen LogP contribution in [0, 0.1) is 0 Å². The molecule has 0 bridgehead atoms. The molecule has 0 N–H and O–H groups in total. The van der Waals surface area contributed by atoms with Crippen molar-refractivity contribution in [2.75, 3.05) is 6.66 Å². The highest BCUT2D eigenvalue weighted by Crippen LogP contribution is 2.71. The molecule has 19 heavy (non-hydrogen) atoms. The quantitative estimate of drug-likeness (QED) is 0.572. The lowest BCUT2D eigenvalue weighted by atomic mass is 10.4. The monoisotopic (exact) mass is 348 g/mol. The molecule has 0 aliphatic heterocycles. The summed E-state index contributed by atoms with van der Waals surface area (Å²) in [6.45, 7) is 1.73. The molecule has 0 spiro atoms. The first-order valence-corrected chi connectivity index (χ1v) is 11.2. The lowest BCUT2D eigenvalue weighted by Gasteiger charge is -2.13. The fourth-order valence-electron chi connectivity index (χ4n) is 1.41. The van der Waals surface area contributed by atoms with Gasteiger partial charge in [-0.2, -0.15) is 0 Å². The zero-order chi connectivity index (χ0) is 13.9. The van der Waals surface area contributed by atoms with Crippen molar-refractivity contribution in [3.63, 3.8) is 0 Å². The Morgan fingerprint density at radius 1 is 0.842 bits per heavy atom. The number of rotatable bonds is 4. The van der Waals surface area contributed by atoms with Crippen LogP contribution in [-0.2, 0) is 4.57 Å². The van der Waals surface area contributed by atoms with Gasteiger partial charge in [0, 0.05) is 16.5 Å². The highest BCUT2D eigenvalue weighted by atomic mass is 35.5. The predicted octanol–water partition coefficient (Wildman–Crippen LogP) is 6.70. The second kappa shape index (κ2) is 6.60. The van der Waals surface area contributed by atoms with E-state index < -0.39 is 5.55 Å². The lowest BCUT2D eigenvalue weighted by Crippen LogP contribution is -1.76. The molecule has 0 fully saturated rings. The average Bonchev–Trinajstić information content (AvgIpc) is 2.35. The number of halogens is 2. The van der Waals surface area contributed by atoms with Gasteiger partial charge in [-0.1, -0.05) is 47.5 Å². The molecule has 1 nitrogen and oxygen atoms in total. The third-order valence-electron chi connectivity index (χ3n) is 2.20. The van der Waals surface area contributed by atoms with E-state index in [9.17, 15) is 4.57 Å². The van der Waals surface area contributed by atoms with Crippen LogP contribution in [0.25, 0.3) is 0 Å². The Kier molecular flexibility index (Phi) is 5.33. The second-order valence-electron chi connectivity index (χ2n) is 3.81. The summed E-state index contributed by atoms with van der Waals surface area (Å²) in [5.41, 5.74) is -2.53. The van der Waals surface area contributed by atoms with Crippen LogP contribution < -0.4 is 0 Å². The number of hydrogen-bond donors (Lipinski definition) is 0. The highest BCUT2D eigenvalue weighted by Gasteiger charge is 2.21. The molecule has 0 heterocycles. The maximum Gasteiger partial charge on any atom is 0.197 e. The second-order valence-corrected chi connectivity index (χ2v) is 13.4. The van der Waals surface area contributed by atoms with Crippen molar-refractivity contribution in [3.8, 4) is 0 Å². The Balaban J connectivity index is 2.18. The van der Waals surface area contributed by atoms with Crippen LogP contribution in [0.4, 0.5) is 0 Å². The van der Waals surface area contributed by atoms with E-state index in [1.165, 1.54) is 22.8 Å². The van der Waals surface area contributed by atoms with Crippen molar-refractivity contribution < 1.29 is 4.57 Å². The SMILES string of the molecule is CP(=O)(Sc1ccccc1Cl)Sc1ccccc1Cl. The van der Waals surface area contributed by atoms with Crippen molar-refractivity contribution in [2.24, 2.45) is 0 Å². The van der Waals surface area contributed by atoms with Gasteiger partial charge in [-0.25, -0.2) is 0 Å². The van der Waals surface area contributed by atoms with E-state index in [2.05, 4.69) is 0 Å². The van der Waals surface area contributed by atoms with Gasteiger partial charge >= 0.3 is 0 Å². The summed E-state index contributed by atoms with van der Waals surface area (Å²) >= 11 is 14.8. The van der Waals surface area contributed by atoms with E-state index in [4.69, 9.17) is 23.2 Å². The van der Waals surface area contributed by atoms with Crippen LogP contribution in [-0.4, -0.2) is 6.66 Å². The van der Waals surface area contributed by atoms with Gasteiger partial charge in [0.15, 0.2) is 5.55 Å². The molecule has 0 aliphatic rings. The van der Waals surface area contributed by atoms with Crippen LogP contribution in [0.3, 0.4) is 0 Å². The summed E-state index contributed by atoms with van der Waals surface area (Å²) in [6.07, 6.45) is 0. The van der Waals surface area contributed by atoms with Gasteiger partial charge in [-0.3, -0.25) is 0 Å². The average molecular weight is 349 g/mol.